The van der Waals surface area contributed by atoms with Crippen LogP contribution < -0.4 is 10.0 Å². The molecule has 0 spiro atoms. The van der Waals surface area contributed by atoms with Gasteiger partial charge in [0.15, 0.2) is 5.60 Å². The molecule has 5 rings (SSSR count). The molecule has 3 aromatic rings. The lowest BCUT2D eigenvalue weighted by atomic mass is 9.86. The summed E-state index contributed by atoms with van der Waals surface area (Å²) in [6.07, 6.45) is -4.58. The van der Waals surface area contributed by atoms with Gasteiger partial charge in [-0.2, -0.15) is 13.2 Å². The Bertz CT molecular complexity index is 1510. The summed E-state index contributed by atoms with van der Waals surface area (Å²) in [5.41, 5.74) is -1.12. The molecular weight excluding hydrogens is 475 g/mol. The Hall–Kier alpha value is -3.24. The van der Waals surface area contributed by atoms with E-state index in [9.17, 15) is 27.9 Å². The molecule has 0 saturated heterocycles. The summed E-state index contributed by atoms with van der Waals surface area (Å²) in [7, 11) is 3.47. The van der Waals surface area contributed by atoms with Crippen LogP contribution in [0.2, 0.25) is 0 Å². The van der Waals surface area contributed by atoms with E-state index in [1.54, 1.807) is 33.2 Å². The van der Waals surface area contributed by atoms with Gasteiger partial charge in [0, 0.05) is 22.6 Å². The lowest BCUT2D eigenvalue weighted by molar-refractivity contribution is -0.172. The Kier molecular flexibility index (Phi) is 5.18. The molecule has 0 amide bonds. The van der Waals surface area contributed by atoms with Gasteiger partial charge in [0.25, 0.3) is 5.56 Å². The Morgan fingerprint density at radius 3 is 2.50 bits per heavy atom. The maximum atomic E-state index is 14.1. The van der Waals surface area contributed by atoms with Crippen molar-refractivity contribution in [1.82, 2.24) is 14.0 Å². The van der Waals surface area contributed by atoms with Crippen LogP contribution in [0.1, 0.15) is 49.4 Å². The van der Waals surface area contributed by atoms with E-state index >= 15 is 0 Å². The minimum atomic E-state index is -4.58. The zero-order valence-corrected chi connectivity index (χ0v) is 20.7. The molecule has 4 heterocycles. The van der Waals surface area contributed by atoms with E-state index in [2.05, 4.69) is 4.98 Å². The number of benzene rings is 1. The quantitative estimate of drug-likeness (QED) is 0.337. The maximum Gasteiger partial charge on any atom is 0.422 e. The standard InChI is InChI=1S/C26H27F3N3O4/c1-6-25(35)17-10-20-22-15(11-31(20)23(33)16(17)12-36-24(25)34)7-14-8-21(32(4,5)13(2)3)18(26(27,28)29)9-19(14)30-22/h7-10,13,35H,6,11-12H2,1-5H3/q+1/t25-/m0/s1. The minimum Gasteiger partial charge on any atom is -0.458 e. The molecule has 1 aromatic carbocycles. The number of hydrogen-bond acceptors (Lipinski definition) is 5. The van der Waals surface area contributed by atoms with Crippen LogP contribution in [0.5, 0.6) is 0 Å². The zero-order valence-electron chi connectivity index (χ0n) is 20.7. The topological polar surface area (TPSA) is 81.4 Å². The number of alkyl halides is 3. The molecule has 190 valence electrons. The number of pyridine rings is 2. The van der Waals surface area contributed by atoms with Gasteiger partial charge in [-0.05, 0) is 38.5 Å². The fourth-order valence-corrected chi connectivity index (χ4v) is 5.00. The average molecular weight is 503 g/mol. The van der Waals surface area contributed by atoms with Crippen LogP contribution in [0.15, 0.2) is 29.1 Å². The highest BCUT2D eigenvalue weighted by Crippen LogP contribution is 2.43. The van der Waals surface area contributed by atoms with E-state index < -0.39 is 28.9 Å². The number of carbonyl (C=O) groups is 1. The monoisotopic (exact) mass is 502 g/mol. The van der Waals surface area contributed by atoms with E-state index in [1.807, 2.05) is 13.8 Å². The first-order chi connectivity index (χ1) is 16.7. The molecule has 1 atom stereocenters. The van der Waals surface area contributed by atoms with Crippen molar-refractivity contribution in [3.05, 3.63) is 56.9 Å². The van der Waals surface area contributed by atoms with Gasteiger partial charge >= 0.3 is 12.1 Å². The lowest BCUT2D eigenvalue weighted by Gasteiger charge is -2.35. The number of hydrogen-bond donors (Lipinski definition) is 1. The number of cyclic esters (lactones) is 1. The second-order valence-corrected chi connectivity index (χ2v) is 10.3. The van der Waals surface area contributed by atoms with Crippen molar-refractivity contribution in [3.8, 4) is 11.4 Å². The average Bonchev–Trinajstić information content (AvgIpc) is 3.16. The number of halogens is 3. The third-order valence-electron chi connectivity index (χ3n) is 7.84. The number of ether oxygens (including phenoxy) is 1. The second kappa shape index (κ2) is 7.63. The van der Waals surface area contributed by atoms with Crippen LogP contribution in [0, 0.1) is 0 Å². The number of fused-ring (bicyclic) bond motifs is 5. The van der Waals surface area contributed by atoms with Gasteiger partial charge in [-0.25, -0.2) is 9.78 Å². The second-order valence-electron chi connectivity index (χ2n) is 10.3. The third kappa shape index (κ3) is 3.31. The van der Waals surface area contributed by atoms with Crippen molar-refractivity contribution in [3.63, 3.8) is 0 Å². The minimum absolute atomic E-state index is 0.00133. The first-order valence-corrected chi connectivity index (χ1v) is 11.8. The van der Waals surface area contributed by atoms with Crippen LogP contribution in [0.25, 0.3) is 22.3 Å². The molecule has 36 heavy (non-hydrogen) atoms. The summed E-state index contributed by atoms with van der Waals surface area (Å²) in [4.78, 5) is 30.2. The summed E-state index contributed by atoms with van der Waals surface area (Å²) >= 11 is 0. The summed E-state index contributed by atoms with van der Waals surface area (Å²) in [6.45, 7) is 5.26. The van der Waals surface area contributed by atoms with Crippen molar-refractivity contribution < 1.29 is 27.8 Å². The van der Waals surface area contributed by atoms with Crippen molar-refractivity contribution in [2.75, 3.05) is 14.1 Å². The lowest BCUT2D eigenvalue weighted by Crippen LogP contribution is -2.47. The maximum absolute atomic E-state index is 14.1. The third-order valence-corrected chi connectivity index (χ3v) is 7.84. The SMILES string of the molecule is CC[C@@]1(O)C(=O)OCc2c1cc1n(c2=O)Cc2cc3cc([N+](C)(C)C(C)C)c(C(F)(F)F)cc3nc2-1. The number of rotatable bonds is 3. The summed E-state index contributed by atoms with van der Waals surface area (Å²) in [5.74, 6) is -0.834. The van der Waals surface area contributed by atoms with Crippen molar-refractivity contribution in [1.29, 1.82) is 0 Å². The van der Waals surface area contributed by atoms with Crippen LogP contribution in [-0.4, -0.2) is 40.8 Å². The van der Waals surface area contributed by atoms with Gasteiger partial charge in [0.2, 0.25) is 0 Å². The van der Waals surface area contributed by atoms with Crippen molar-refractivity contribution in [2.45, 2.75) is 58.2 Å². The van der Waals surface area contributed by atoms with Crippen LogP contribution in [-0.2, 0) is 34.5 Å². The number of quaternary nitrogens is 1. The highest BCUT2D eigenvalue weighted by atomic mass is 19.4. The zero-order chi connectivity index (χ0) is 26.4. The molecule has 0 bridgehead atoms. The highest BCUT2D eigenvalue weighted by Gasteiger charge is 2.45. The molecule has 7 nitrogen and oxygen atoms in total. The number of aromatic nitrogens is 2. The Morgan fingerprint density at radius 1 is 1.19 bits per heavy atom. The van der Waals surface area contributed by atoms with Gasteiger partial charge in [0.05, 0.1) is 49.1 Å². The normalized spacial score (nSPS) is 19.3. The number of esters is 1. The van der Waals surface area contributed by atoms with Gasteiger partial charge in [-0.1, -0.05) is 6.92 Å². The molecule has 0 saturated carbocycles. The molecule has 2 aliphatic rings. The Labute approximate surface area is 205 Å². The van der Waals surface area contributed by atoms with Gasteiger partial charge in [0.1, 0.15) is 17.9 Å². The molecule has 0 aliphatic carbocycles. The van der Waals surface area contributed by atoms with Gasteiger partial charge in [-0.3, -0.25) is 9.28 Å². The fourth-order valence-electron chi connectivity index (χ4n) is 5.00. The first kappa shape index (κ1) is 24.5. The largest absolute Gasteiger partial charge is 0.458 e. The molecule has 1 N–H and O–H groups in total. The van der Waals surface area contributed by atoms with Crippen LogP contribution in [0.3, 0.4) is 0 Å². The molecular formula is C26H27F3N3O4+. The Morgan fingerprint density at radius 2 is 1.89 bits per heavy atom. The Balaban J connectivity index is 1.76. The molecule has 0 radical (unpaired) electrons. The van der Waals surface area contributed by atoms with Crippen molar-refractivity contribution >= 4 is 22.6 Å². The van der Waals surface area contributed by atoms with Crippen LogP contribution >= 0.6 is 0 Å². The molecule has 10 heteroatoms. The molecule has 0 fully saturated rings. The molecule has 2 aromatic heterocycles. The summed E-state index contributed by atoms with van der Waals surface area (Å²) in [6, 6.07) is 5.79. The number of aliphatic hydroxyl groups is 1. The predicted octanol–water partition coefficient (Wildman–Crippen LogP) is 4.07. The number of nitrogens with zero attached hydrogens (tertiary/aromatic N) is 3. The van der Waals surface area contributed by atoms with E-state index in [0.717, 1.165) is 6.07 Å². The van der Waals surface area contributed by atoms with E-state index in [-0.39, 0.29) is 52.4 Å². The first-order valence-electron chi connectivity index (χ1n) is 11.8. The predicted molar refractivity (Wildman–Crippen MR) is 128 cm³/mol. The smallest absolute Gasteiger partial charge is 0.422 e. The van der Waals surface area contributed by atoms with Gasteiger partial charge < -0.3 is 14.4 Å². The van der Waals surface area contributed by atoms with E-state index in [1.165, 1.54) is 10.6 Å². The molecule has 0 unspecified atom stereocenters. The van der Waals surface area contributed by atoms with E-state index in [0.29, 0.717) is 22.3 Å². The van der Waals surface area contributed by atoms with Gasteiger partial charge in [-0.15, -0.1) is 0 Å². The number of carbonyl (C=O) groups excluding carboxylic acids is 1. The highest BCUT2D eigenvalue weighted by molar-refractivity contribution is 5.89. The summed E-state index contributed by atoms with van der Waals surface area (Å²) in [5, 5.41) is 11.5. The fraction of sp³-hybridized carbons (Fsp3) is 0.423. The van der Waals surface area contributed by atoms with Crippen molar-refractivity contribution in [2.24, 2.45) is 0 Å². The molecule has 2 aliphatic heterocycles. The van der Waals surface area contributed by atoms with E-state index in [4.69, 9.17) is 4.74 Å². The summed E-state index contributed by atoms with van der Waals surface area (Å²) < 4.78 is 49.0. The van der Waals surface area contributed by atoms with Crippen LogP contribution in [0.4, 0.5) is 18.9 Å².